The summed E-state index contributed by atoms with van der Waals surface area (Å²) >= 11 is 0. The number of benzene rings is 1. The molecule has 3 heterocycles. The fourth-order valence-corrected chi connectivity index (χ4v) is 3.77. The number of morpholine rings is 1. The predicted molar refractivity (Wildman–Crippen MR) is 113 cm³/mol. The van der Waals surface area contributed by atoms with Gasteiger partial charge >= 0.3 is 11.8 Å². The minimum absolute atomic E-state index is 0.0278. The third-order valence-corrected chi connectivity index (χ3v) is 5.63. The van der Waals surface area contributed by atoms with Gasteiger partial charge in [-0.15, -0.1) is 10.2 Å². The Labute approximate surface area is 185 Å². The number of hydrogen-bond donors (Lipinski definition) is 0. The number of carbonyl (C=O) groups excluding carboxylic acids is 3. The maximum atomic E-state index is 12.5. The van der Waals surface area contributed by atoms with Gasteiger partial charge in [0, 0.05) is 51.3 Å². The van der Waals surface area contributed by atoms with Crippen molar-refractivity contribution in [1.29, 1.82) is 0 Å². The molecular formula is C21H27N7O4. The van der Waals surface area contributed by atoms with E-state index in [9.17, 15) is 14.4 Å². The van der Waals surface area contributed by atoms with Crippen molar-refractivity contribution < 1.29 is 19.1 Å². The summed E-state index contributed by atoms with van der Waals surface area (Å²) < 4.78 is 5.22. The predicted octanol–water partition coefficient (Wildman–Crippen LogP) is -0.350. The molecular weight excluding hydrogens is 414 g/mol. The van der Waals surface area contributed by atoms with Crippen molar-refractivity contribution in [2.24, 2.45) is 0 Å². The molecule has 4 rings (SSSR count). The van der Waals surface area contributed by atoms with Crippen LogP contribution in [-0.4, -0.2) is 105 Å². The molecule has 3 amide bonds. The van der Waals surface area contributed by atoms with Gasteiger partial charge in [0.25, 0.3) is 0 Å². The number of aromatic nitrogens is 4. The van der Waals surface area contributed by atoms with Crippen LogP contribution in [0.25, 0.3) is 11.4 Å². The molecule has 2 aromatic rings. The summed E-state index contributed by atoms with van der Waals surface area (Å²) in [4.78, 5) is 43.7. The topological polar surface area (TPSA) is 114 Å². The lowest BCUT2D eigenvalue weighted by atomic mass is 10.2. The van der Waals surface area contributed by atoms with Gasteiger partial charge in [0.05, 0.1) is 19.8 Å². The van der Waals surface area contributed by atoms with Gasteiger partial charge in [-0.2, -0.15) is 4.80 Å². The van der Waals surface area contributed by atoms with Crippen LogP contribution in [0.1, 0.15) is 12.8 Å². The number of nitrogens with zero attached hydrogens (tertiary/aromatic N) is 7. The molecule has 0 saturated carbocycles. The van der Waals surface area contributed by atoms with E-state index in [1.807, 2.05) is 30.3 Å². The lowest BCUT2D eigenvalue weighted by molar-refractivity contribution is -0.155. The zero-order valence-electron chi connectivity index (χ0n) is 17.9. The number of carbonyl (C=O) groups is 3. The number of amides is 3. The summed E-state index contributed by atoms with van der Waals surface area (Å²) in [6.07, 6.45) is 0.959. The first-order chi connectivity index (χ1) is 15.6. The standard InChI is InChI=1S/C21H27N7O4/c29-18(7-4-8-28-23-19(22-24-28)17-5-2-1-3-6-17)25-9-11-26(12-10-25)20(30)21(31)27-13-15-32-16-14-27/h1-3,5-6H,4,7-16H2. The van der Waals surface area contributed by atoms with Crippen LogP contribution in [0.5, 0.6) is 0 Å². The zero-order chi connectivity index (χ0) is 22.3. The van der Waals surface area contributed by atoms with Crippen molar-refractivity contribution in [3.05, 3.63) is 30.3 Å². The molecule has 0 unspecified atom stereocenters. The maximum Gasteiger partial charge on any atom is 0.312 e. The Morgan fingerprint density at radius 1 is 0.844 bits per heavy atom. The zero-order valence-corrected chi connectivity index (χ0v) is 17.9. The van der Waals surface area contributed by atoms with Gasteiger partial charge < -0.3 is 19.4 Å². The molecule has 0 N–H and O–H groups in total. The molecule has 1 aromatic carbocycles. The van der Waals surface area contributed by atoms with Crippen LogP contribution in [0.3, 0.4) is 0 Å². The molecule has 0 bridgehead atoms. The van der Waals surface area contributed by atoms with Gasteiger partial charge in [-0.1, -0.05) is 30.3 Å². The molecule has 1 aromatic heterocycles. The first-order valence-electron chi connectivity index (χ1n) is 10.9. The van der Waals surface area contributed by atoms with Crippen LogP contribution < -0.4 is 0 Å². The van der Waals surface area contributed by atoms with E-state index in [1.54, 1.807) is 4.90 Å². The molecule has 0 spiro atoms. The average Bonchev–Trinajstić information content (AvgIpc) is 3.33. The Kier molecular flexibility index (Phi) is 7.05. The van der Waals surface area contributed by atoms with Gasteiger partial charge in [0.1, 0.15) is 0 Å². The van der Waals surface area contributed by atoms with Crippen molar-refractivity contribution in [3.63, 3.8) is 0 Å². The van der Waals surface area contributed by atoms with Crippen molar-refractivity contribution in [2.45, 2.75) is 19.4 Å². The first kappa shape index (κ1) is 21.9. The Bertz CT molecular complexity index is 935. The summed E-state index contributed by atoms with van der Waals surface area (Å²) in [5.41, 5.74) is 0.898. The minimum atomic E-state index is -0.495. The van der Waals surface area contributed by atoms with E-state index < -0.39 is 11.8 Å². The molecule has 0 radical (unpaired) electrons. The second kappa shape index (κ2) is 10.3. The number of hydrogen-bond acceptors (Lipinski definition) is 7. The Morgan fingerprint density at radius 2 is 1.47 bits per heavy atom. The molecule has 32 heavy (non-hydrogen) atoms. The highest BCUT2D eigenvalue weighted by atomic mass is 16.5. The SMILES string of the molecule is O=C(CCCn1nnc(-c2ccccc2)n1)N1CCN(C(=O)C(=O)N2CCOCC2)CC1. The van der Waals surface area contributed by atoms with E-state index >= 15 is 0 Å². The van der Waals surface area contributed by atoms with Crippen LogP contribution in [0, 0.1) is 0 Å². The number of tetrazole rings is 1. The summed E-state index contributed by atoms with van der Waals surface area (Å²) in [6, 6.07) is 9.60. The highest BCUT2D eigenvalue weighted by Gasteiger charge is 2.31. The Morgan fingerprint density at radius 3 is 2.16 bits per heavy atom. The molecule has 11 nitrogen and oxygen atoms in total. The van der Waals surface area contributed by atoms with Crippen LogP contribution in [0.2, 0.25) is 0 Å². The Hall–Kier alpha value is -3.34. The van der Waals surface area contributed by atoms with Crippen LogP contribution >= 0.6 is 0 Å². The summed E-state index contributed by atoms with van der Waals surface area (Å²) in [5.74, 6) is -0.391. The molecule has 0 aliphatic carbocycles. The molecule has 170 valence electrons. The van der Waals surface area contributed by atoms with Gasteiger partial charge in [0.2, 0.25) is 11.7 Å². The highest BCUT2D eigenvalue weighted by Crippen LogP contribution is 2.12. The van der Waals surface area contributed by atoms with E-state index in [0.717, 1.165) is 5.56 Å². The molecule has 11 heteroatoms. The van der Waals surface area contributed by atoms with Crippen LogP contribution in [0.4, 0.5) is 0 Å². The number of aryl methyl sites for hydroxylation is 1. The number of piperazine rings is 1. The Balaban J connectivity index is 1.18. The third-order valence-electron chi connectivity index (χ3n) is 5.63. The average molecular weight is 441 g/mol. The van der Waals surface area contributed by atoms with Crippen LogP contribution in [0.15, 0.2) is 30.3 Å². The smallest absolute Gasteiger partial charge is 0.312 e. The van der Waals surface area contributed by atoms with Crippen molar-refractivity contribution in [2.75, 3.05) is 52.5 Å². The largest absolute Gasteiger partial charge is 0.378 e. The summed E-state index contributed by atoms with van der Waals surface area (Å²) in [7, 11) is 0. The molecule has 2 aliphatic heterocycles. The highest BCUT2D eigenvalue weighted by molar-refractivity contribution is 6.34. The van der Waals surface area contributed by atoms with E-state index in [0.29, 0.717) is 77.7 Å². The second-order valence-electron chi connectivity index (χ2n) is 7.76. The van der Waals surface area contributed by atoms with E-state index in [4.69, 9.17) is 4.74 Å². The van der Waals surface area contributed by atoms with Crippen molar-refractivity contribution >= 4 is 17.7 Å². The molecule has 2 saturated heterocycles. The van der Waals surface area contributed by atoms with Crippen molar-refractivity contribution in [3.8, 4) is 11.4 Å². The molecule has 2 fully saturated rings. The summed E-state index contributed by atoms with van der Waals surface area (Å²) in [5, 5.41) is 12.5. The lowest BCUT2D eigenvalue weighted by Gasteiger charge is -2.36. The lowest BCUT2D eigenvalue weighted by Crippen LogP contribution is -2.55. The van der Waals surface area contributed by atoms with Gasteiger partial charge in [-0.05, 0) is 11.6 Å². The molecule has 2 aliphatic rings. The number of rotatable bonds is 5. The van der Waals surface area contributed by atoms with Gasteiger partial charge in [0.15, 0.2) is 0 Å². The molecule has 0 atom stereocenters. The normalized spacial score (nSPS) is 16.8. The van der Waals surface area contributed by atoms with Crippen molar-refractivity contribution in [1.82, 2.24) is 34.9 Å². The van der Waals surface area contributed by atoms with Gasteiger partial charge in [-0.25, -0.2) is 0 Å². The van der Waals surface area contributed by atoms with E-state index in [-0.39, 0.29) is 5.91 Å². The number of ether oxygens (including phenoxy) is 1. The third kappa shape index (κ3) is 5.28. The fourth-order valence-electron chi connectivity index (χ4n) is 3.77. The second-order valence-corrected chi connectivity index (χ2v) is 7.76. The quantitative estimate of drug-likeness (QED) is 0.583. The van der Waals surface area contributed by atoms with Crippen LogP contribution in [-0.2, 0) is 25.7 Å². The first-order valence-corrected chi connectivity index (χ1v) is 10.9. The van der Waals surface area contributed by atoms with E-state index in [2.05, 4.69) is 15.4 Å². The van der Waals surface area contributed by atoms with E-state index in [1.165, 1.54) is 14.6 Å². The monoisotopic (exact) mass is 441 g/mol. The summed E-state index contributed by atoms with van der Waals surface area (Å²) in [6.45, 7) is 3.89. The minimum Gasteiger partial charge on any atom is -0.378 e. The van der Waals surface area contributed by atoms with Gasteiger partial charge in [-0.3, -0.25) is 14.4 Å². The fraction of sp³-hybridized carbons (Fsp3) is 0.524. The maximum absolute atomic E-state index is 12.5.